The third-order valence-electron chi connectivity index (χ3n) is 3.75. The number of nitrogen functional groups attached to an aromatic ring is 1. The molecule has 0 aliphatic heterocycles. The molecule has 1 saturated carbocycles. The number of fused-ring (bicyclic) bond motifs is 1. The molecule has 0 unspecified atom stereocenters. The summed E-state index contributed by atoms with van der Waals surface area (Å²) < 4.78 is 10.7. The van der Waals surface area contributed by atoms with E-state index in [0.29, 0.717) is 18.2 Å². The van der Waals surface area contributed by atoms with Crippen molar-refractivity contribution in [3.8, 4) is 5.75 Å². The van der Waals surface area contributed by atoms with Crippen LogP contribution in [0.5, 0.6) is 5.75 Å². The number of benzene rings is 1. The summed E-state index contributed by atoms with van der Waals surface area (Å²) in [6.45, 7) is 0.709. The van der Waals surface area contributed by atoms with Crippen molar-refractivity contribution in [2.75, 3.05) is 26.6 Å². The fourth-order valence-electron chi connectivity index (χ4n) is 2.60. The SMILES string of the molecule is COCC1(c2ccc(OC)c3nc(N)cnc23)CC1. The van der Waals surface area contributed by atoms with E-state index < -0.39 is 0 Å². The molecule has 0 spiro atoms. The lowest BCUT2D eigenvalue weighted by Gasteiger charge is -2.17. The lowest BCUT2D eigenvalue weighted by atomic mass is 9.95. The number of nitrogens with two attached hydrogens (primary N) is 1. The van der Waals surface area contributed by atoms with Crippen LogP contribution < -0.4 is 10.5 Å². The Bertz CT molecular complexity index is 623. The summed E-state index contributed by atoms with van der Waals surface area (Å²) in [7, 11) is 3.36. The van der Waals surface area contributed by atoms with Gasteiger partial charge in [0.15, 0.2) is 0 Å². The van der Waals surface area contributed by atoms with Gasteiger partial charge in [-0.25, -0.2) is 4.98 Å². The predicted octanol–water partition coefficient (Wildman–Crippen LogP) is 1.90. The van der Waals surface area contributed by atoms with Crippen LogP contribution >= 0.6 is 0 Å². The third kappa shape index (κ3) is 1.90. The smallest absolute Gasteiger partial charge is 0.146 e. The van der Waals surface area contributed by atoms with Crippen LogP contribution in [-0.2, 0) is 10.2 Å². The van der Waals surface area contributed by atoms with E-state index >= 15 is 0 Å². The van der Waals surface area contributed by atoms with E-state index in [0.717, 1.165) is 23.9 Å². The zero-order chi connectivity index (χ0) is 13.5. The summed E-state index contributed by atoms with van der Waals surface area (Å²) in [6, 6.07) is 4.00. The quantitative estimate of drug-likeness (QED) is 0.908. The van der Waals surface area contributed by atoms with Crippen molar-refractivity contribution < 1.29 is 9.47 Å². The fourth-order valence-corrected chi connectivity index (χ4v) is 2.60. The molecule has 0 amide bonds. The number of ether oxygens (including phenoxy) is 2. The van der Waals surface area contributed by atoms with Crippen LogP contribution in [0.4, 0.5) is 5.82 Å². The average Bonchev–Trinajstić information content (AvgIpc) is 3.18. The zero-order valence-corrected chi connectivity index (χ0v) is 11.1. The normalized spacial score (nSPS) is 16.5. The first-order valence-electron chi connectivity index (χ1n) is 6.29. The van der Waals surface area contributed by atoms with Gasteiger partial charge in [-0.05, 0) is 24.5 Å². The van der Waals surface area contributed by atoms with Crippen molar-refractivity contribution in [3.05, 3.63) is 23.9 Å². The molecular weight excluding hydrogens is 242 g/mol. The van der Waals surface area contributed by atoms with Crippen molar-refractivity contribution >= 4 is 16.9 Å². The highest BCUT2D eigenvalue weighted by Crippen LogP contribution is 2.50. The number of nitrogens with zero attached hydrogens (tertiary/aromatic N) is 2. The summed E-state index contributed by atoms with van der Waals surface area (Å²) in [5, 5.41) is 0. The second-order valence-corrected chi connectivity index (χ2v) is 5.02. The lowest BCUT2D eigenvalue weighted by molar-refractivity contribution is 0.172. The van der Waals surface area contributed by atoms with Crippen molar-refractivity contribution in [1.29, 1.82) is 0 Å². The molecule has 19 heavy (non-hydrogen) atoms. The molecule has 0 atom stereocenters. The van der Waals surface area contributed by atoms with Crippen LogP contribution in [0.3, 0.4) is 0 Å². The molecule has 1 heterocycles. The van der Waals surface area contributed by atoms with E-state index in [1.807, 2.05) is 6.07 Å². The van der Waals surface area contributed by atoms with E-state index in [1.54, 1.807) is 20.4 Å². The summed E-state index contributed by atoms with van der Waals surface area (Å²) in [6.07, 6.45) is 3.83. The highest BCUT2D eigenvalue weighted by molar-refractivity contribution is 5.86. The van der Waals surface area contributed by atoms with Gasteiger partial charge in [0.25, 0.3) is 0 Å². The van der Waals surface area contributed by atoms with Gasteiger partial charge in [0, 0.05) is 12.5 Å². The number of hydrogen-bond acceptors (Lipinski definition) is 5. The first kappa shape index (κ1) is 12.2. The molecule has 5 nitrogen and oxygen atoms in total. The molecule has 2 aromatic rings. The van der Waals surface area contributed by atoms with Gasteiger partial charge < -0.3 is 15.2 Å². The Hall–Kier alpha value is -1.88. The van der Waals surface area contributed by atoms with Gasteiger partial charge in [-0.15, -0.1) is 0 Å². The van der Waals surface area contributed by atoms with Crippen molar-refractivity contribution in [2.45, 2.75) is 18.3 Å². The molecule has 1 fully saturated rings. The predicted molar refractivity (Wildman–Crippen MR) is 73.3 cm³/mol. The van der Waals surface area contributed by atoms with E-state index in [4.69, 9.17) is 15.2 Å². The van der Waals surface area contributed by atoms with Gasteiger partial charge in [-0.1, -0.05) is 6.07 Å². The number of anilines is 1. The summed E-state index contributed by atoms with van der Waals surface area (Å²) in [5.74, 6) is 1.10. The molecule has 2 N–H and O–H groups in total. The Morgan fingerprint density at radius 3 is 2.68 bits per heavy atom. The third-order valence-corrected chi connectivity index (χ3v) is 3.75. The van der Waals surface area contributed by atoms with Gasteiger partial charge in [0.05, 0.1) is 25.4 Å². The number of methoxy groups -OCH3 is 2. The van der Waals surface area contributed by atoms with Crippen molar-refractivity contribution in [1.82, 2.24) is 9.97 Å². The molecular formula is C14H17N3O2. The summed E-state index contributed by atoms with van der Waals surface area (Å²) >= 11 is 0. The first-order valence-corrected chi connectivity index (χ1v) is 6.29. The number of aromatic nitrogens is 2. The van der Waals surface area contributed by atoms with E-state index in [-0.39, 0.29) is 5.41 Å². The second-order valence-electron chi connectivity index (χ2n) is 5.02. The van der Waals surface area contributed by atoms with Gasteiger partial charge >= 0.3 is 0 Å². The van der Waals surface area contributed by atoms with E-state index in [9.17, 15) is 0 Å². The largest absolute Gasteiger partial charge is 0.494 e. The van der Waals surface area contributed by atoms with E-state index in [2.05, 4.69) is 16.0 Å². The monoisotopic (exact) mass is 259 g/mol. The van der Waals surface area contributed by atoms with Gasteiger partial charge in [0.1, 0.15) is 17.1 Å². The van der Waals surface area contributed by atoms with Gasteiger partial charge in [-0.3, -0.25) is 4.98 Å². The van der Waals surface area contributed by atoms with Crippen molar-refractivity contribution in [3.63, 3.8) is 0 Å². The molecule has 0 bridgehead atoms. The zero-order valence-electron chi connectivity index (χ0n) is 11.1. The maximum Gasteiger partial charge on any atom is 0.146 e. The minimum absolute atomic E-state index is 0.0874. The van der Waals surface area contributed by atoms with Crippen LogP contribution in [0, 0.1) is 0 Å². The molecule has 1 aromatic heterocycles. The van der Waals surface area contributed by atoms with Gasteiger partial charge in [0.2, 0.25) is 0 Å². The number of hydrogen-bond donors (Lipinski definition) is 1. The second kappa shape index (κ2) is 4.35. The van der Waals surface area contributed by atoms with Gasteiger partial charge in [-0.2, -0.15) is 0 Å². The Labute approximate surface area is 111 Å². The van der Waals surface area contributed by atoms with Crippen LogP contribution in [-0.4, -0.2) is 30.8 Å². The molecule has 0 saturated heterocycles. The molecule has 1 aromatic carbocycles. The number of rotatable bonds is 4. The Morgan fingerprint density at radius 2 is 2.05 bits per heavy atom. The van der Waals surface area contributed by atoms with E-state index in [1.165, 1.54) is 5.56 Å². The first-order chi connectivity index (χ1) is 9.20. The fraction of sp³-hybridized carbons (Fsp3) is 0.429. The summed E-state index contributed by atoms with van der Waals surface area (Å²) in [4.78, 5) is 8.81. The molecule has 0 radical (unpaired) electrons. The van der Waals surface area contributed by atoms with Crippen LogP contribution in [0.1, 0.15) is 18.4 Å². The maximum absolute atomic E-state index is 5.73. The lowest BCUT2D eigenvalue weighted by Crippen LogP contribution is -2.15. The topological polar surface area (TPSA) is 70.3 Å². The molecule has 3 rings (SSSR count). The molecule has 100 valence electrons. The average molecular weight is 259 g/mol. The Balaban J connectivity index is 2.22. The molecule has 5 heteroatoms. The minimum Gasteiger partial charge on any atom is -0.494 e. The standard InChI is InChI=1S/C14H17N3O2/c1-18-8-14(5-6-14)9-3-4-10(19-2)13-12(9)16-7-11(15)17-13/h3-4,7H,5-6,8H2,1-2H3,(H2,15,17). The van der Waals surface area contributed by atoms with Crippen LogP contribution in [0.15, 0.2) is 18.3 Å². The Kier molecular flexibility index (Phi) is 2.78. The molecule has 1 aliphatic carbocycles. The maximum atomic E-state index is 5.73. The highest BCUT2D eigenvalue weighted by Gasteiger charge is 2.46. The Morgan fingerprint density at radius 1 is 1.26 bits per heavy atom. The minimum atomic E-state index is 0.0874. The summed E-state index contributed by atoms with van der Waals surface area (Å²) in [5.41, 5.74) is 8.58. The molecule has 1 aliphatic rings. The highest BCUT2D eigenvalue weighted by atomic mass is 16.5. The van der Waals surface area contributed by atoms with Crippen LogP contribution in [0.25, 0.3) is 11.0 Å². The van der Waals surface area contributed by atoms with Crippen molar-refractivity contribution in [2.24, 2.45) is 0 Å². The van der Waals surface area contributed by atoms with Crippen LogP contribution in [0.2, 0.25) is 0 Å².